The van der Waals surface area contributed by atoms with Crippen LogP contribution in [0.3, 0.4) is 0 Å². The van der Waals surface area contributed by atoms with Gasteiger partial charge in [0.25, 0.3) is 5.91 Å². The molecule has 2 heterocycles. The summed E-state index contributed by atoms with van der Waals surface area (Å²) in [5.41, 5.74) is 1.73. The number of ketones is 1. The quantitative estimate of drug-likeness (QED) is 0.297. The molecule has 0 atom stereocenters. The number of rotatable bonds is 8. The summed E-state index contributed by atoms with van der Waals surface area (Å²) in [6.45, 7) is 6.98. The molecule has 0 aliphatic carbocycles. The van der Waals surface area contributed by atoms with E-state index in [1.54, 1.807) is 30.3 Å². The second-order valence-corrected chi connectivity index (χ2v) is 10.5. The highest BCUT2D eigenvalue weighted by Gasteiger charge is 2.34. The number of unbranched alkanes of at least 4 members (excludes halogenated alkanes) is 1. The molecule has 1 amide bonds. The zero-order chi connectivity index (χ0) is 25.8. The Labute approximate surface area is 226 Å². The number of hydrogen-bond donors (Lipinski definition) is 1. The normalized spacial score (nSPS) is 16.0. The molecule has 4 rings (SSSR count). The Balaban J connectivity index is 1.18. The fraction of sp³-hybridized carbons (Fsp3) is 0.407. The monoisotopic (exact) mass is 550 g/mol. The number of Topliss-reactive ketones (excluding diaryl/α,β-unsaturated/α-hetero) is 1. The Kier molecular flexibility index (Phi) is 8.83. The van der Waals surface area contributed by atoms with E-state index in [-0.39, 0.29) is 17.7 Å². The van der Waals surface area contributed by atoms with E-state index in [1.807, 2.05) is 13.8 Å². The van der Waals surface area contributed by atoms with Crippen molar-refractivity contribution in [1.82, 2.24) is 10.2 Å². The number of hydrogen-bond acceptors (Lipinski definition) is 5. The van der Waals surface area contributed by atoms with Crippen LogP contribution in [0.4, 0.5) is 0 Å². The molecule has 1 fully saturated rings. The van der Waals surface area contributed by atoms with Gasteiger partial charge in [0.15, 0.2) is 11.5 Å². The molecule has 0 spiro atoms. The van der Waals surface area contributed by atoms with Crippen LogP contribution in [0.25, 0.3) is 0 Å². The number of benzene rings is 2. The maximum absolute atomic E-state index is 12.7. The van der Waals surface area contributed by atoms with Crippen LogP contribution in [-0.4, -0.2) is 48.9 Å². The number of nitrogens with zero attached hydrogens (tertiary/aromatic N) is 1. The molecule has 2 aromatic carbocycles. The largest absolute Gasteiger partial charge is 0.493 e. The molecule has 0 radical (unpaired) electrons. The van der Waals surface area contributed by atoms with Crippen LogP contribution in [0.1, 0.15) is 60.2 Å². The number of likely N-dealkylation sites (tertiary alicyclic amines) is 1. The number of nitrogens with one attached hydrogen (secondary N) is 1. The number of fused-ring (bicyclic) bond motifs is 1. The highest BCUT2D eigenvalue weighted by Crippen LogP contribution is 2.43. The van der Waals surface area contributed by atoms with Crippen LogP contribution < -0.4 is 14.8 Å². The van der Waals surface area contributed by atoms with Gasteiger partial charge in [0.05, 0.1) is 21.7 Å². The summed E-state index contributed by atoms with van der Waals surface area (Å²) in [5.74, 6) is 0.897. The van der Waals surface area contributed by atoms with Crippen molar-refractivity contribution in [2.45, 2.75) is 45.6 Å². The summed E-state index contributed by atoms with van der Waals surface area (Å²) in [7, 11) is 0. The third kappa shape index (κ3) is 6.17. The Morgan fingerprint density at radius 2 is 1.78 bits per heavy atom. The first kappa shape index (κ1) is 26.8. The first-order chi connectivity index (χ1) is 17.2. The van der Waals surface area contributed by atoms with Crippen molar-refractivity contribution in [2.75, 3.05) is 26.2 Å². The van der Waals surface area contributed by atoms with E-state index in [0.717, 1.165) is 50.9 Å². The fourth-order valence-corrected chi connectivity index (χ4v) is 4.89. The summed E-state index contributed by atoms with van der Waals surface area (Å²) in [4.78, 5) is 27.6. The smallest absolute Gasteiger partial charge is 0.251 e. The van der Waals surface area contributed by atoms with Crippen molar-refractivity contribution in [3.05, 3.63) is 67.9 Å². The zero-order valence-electron chi connectivity index (χ0n) is 20.3. The van der Waals surface area contributed by atoms with Crippen LogP contribution in [-0.2, 0) is 0 Å². The third-order valence-electron chi connectivity index (χ3n) is 6.39. The number of ether oxygens (including phenoxy) is 2. The van der Waals surface area contributed by atoms with Gasteiger partial charge in [0.1, 0.15) is 11.3 Å². The lowest BCUT2D eigenvalue weighted by Crippen LogP contribution is -2.44. The molecule has 0 unspecified atom stereocenters. The van der Waals surface area contributed by atoms with Gasteiger partial charge >= 0.3 is 0 Å². The van der Waals surface area contributed by atoms with Gasteiger partial charge in [-0.25, -0.2) is 0 Å². The molecule has 2 aromatic rings. The van der Waals surface area contributed by atoms with Gasteiger partial charge in [-0.3, -0.25) is 9.59 Å². The Bertz CT molecular complexity index is 1190. The van der Waals surface area contributed by atoms with Crippen LogP contribution in [0, 0.1) is 0 Å². The van der Waals surface area contributed by atoms with Crippen LogP contribution in [0.15, 0.2) is 41.7 Å². The second kappa shape index (κ2) is 11.9. The average Bonchev–Trinajstić information content (AvgIpc) is 3.21. The molecule has 0 bridgehead atoms. The molecule has 1 N–H and O–H groups in total. The van der Waals surface area contributed by atoms with Crippen LogP contribution in [0.5, 0.6) is 11.5 Å². The maximum Gasteiger partial charge on any atom is 0.251 e. The lowest BCUT2D eigenvalue weighted by molar-refractivity contribution is 0.0909. The lowest BCUT2D eigenvalue weighted by Gasteiger charge is -2.32. The van der Waals surface area contributed by atoms with Crippen LogP contribution >= 0.6 is 34.8 Å². The molecule has 2 aliphatic heterocycles. The van der Waals surface area contributed by atoms with Crippen molar-refractivity contribution < 1.29 is 19.1 Å². The minimum absolute atomic E-state index is 0.126. The van der Waals surface area contributed by atoms with Gasteiger partial charge in [-0.15, -0.1) is 0 Å². The van der Waals surface area contributed by atoms with E-state index < -0.39 is 0 Å². The van der Waals surface area contributed by atoms with Gasteiger partial charge in [-0.05, 0) is 82.0 Å². The topological polar surface area (TPSA) is 67.9 Å². The van der Waals surface area contributed by atoms with Gasteiger partial charge in [-0.1, -0.05) is 34.8 Å². The molecule has 1 saturated heterocycles. The number of halogens is 3. The Morgan fingerprint density at radius 3 is 2.47 bits per heavy atom. The van der Waals surface area contributed by atoms with Crippen molar-refractivity contribution >= 4 is 46.5 Å². The SMILES string of the molecule is CC(C)=C1Oc2c(Cl)ccc(OCCCCN3CCC(NC(=O)c4ccc(Cl)c(Cl)c4)CC3)c2C1=O. The zero-order valence-corrected chi connectivity index (χ0v) is 22.6. The molecule has 0 aromatic heterocycles. The summed E-state index contributed by atoms with van der Waals surface area (Å²) in [6, 6.07) is 8.48. The summed E-state index contributed by atoms with van der Waals surface area (Å²) < 4.78 is 11.6. The van der Waals surface area contributed by atoms with Crippen LogP contribution in [0.2, 0.25) is 15.1 Å². The van der Waals surface area contributed by atoms with Crippen molar-refractivity contribution in [1.29, 1.82) is 0 Å². The maximum atomic E-state index is 12.7. The third-order valence-corrected chi connectivity index (χ3v) is 7.43. The van der Waals surface area contributed by atoms with Gasteiger partial charge in [0, 0.05) is 24.7 Å². The van der Waals surface area contributed by atoms with E-state index in [1.165, 1.54) is 0 Å². The molecule has 6 nitrogen and oxygen atoms in total. The highest BCUT2D eigenvalue weighted by molar-refractivity contribution is 6.42. The molecule has 192 valence electrons. The van der Waals surface area contributed by atoms with Crippen molar-refractivity contribution in [3.63, 3.8) is 0 Å². The summed E-state index contributed by atoms with van der Waals surface area (Å²) >= 11 is 18.2. The van der Waals surface area contributed by atoms with E-state index >= 15 is 0 Å². The minimum atomic E-state index is -0.184. The van der Waals surface area contributed by atoms with Crippen molar-refractivity contribution in [3.8, 4) is 11.5 Å². The number of amides is 1. The van der Waals surface area contributed by atoms with E-state index in [4.69, 9.17) is 44.3 Å². The average molecular weight is 552 g/mol. The first-order valence-electron chi connectivity index (χ1n) is 12.1. The summed E-state index contributed by atoms with van der Waals surface area (Å²) in [6.07, 6.45) is 3.63. The lowest BCUT2D eigenvalue weighted by atomic mass is 10.0. The molecule has 2 aliphatic rings. The minimum Gasteiger partial charge on any atom is -0.493 e. The standard InChI is InChI=1S/C27H29Cl3N2O4/c1-16(2)25-24(33)23-22(8-7-20(29)26(23)36-25)35-14-4-3-11-32-12-9-18(10-13-32)31-27(34)17-5-6-19(28)21(30)15-17/h5-8,15,18H,3-4,9-14H2,1-2H3,(H,31,34). The number of carbonyl (C=O) groups is 2. The number of piperidine rings is 1. The van der Waals surface area contributed by atoms with E-state index in [2.05, 4.69) is 10.2 Å². The fourth-order valence-electron chi connectivity index (χ4n) is 4.39. The molecular formula is C27H29Cl3N2O4. The Hall–Kier alpha value is -2.25. The van der Waals surface area contributed by atoms with Crippen molar-refractivity contribution in [2.24, 2.45) is 0 Å². The van der Waals surface area contributed by atoms with E-state index in [0.29, 0.717) is 50.1 Å². The second-order valence-electron chi connectivity index (χ2n) is 9.28. The van der Waals surface area contributed by atoms with E-state index in [9.17, 15) is 9.59 Å². The highest BCUT2D eigenvalue weighted by atomic mass is 35.5. The predicted octanol–water partition coefficient (Wildman–Crippen LogP) is 6.57. The molecule has 0 saturated carbocycles. The Morgan fingerprint density at radius 1 is 1.06 bits per heavy atom. The molecule has 9 heteroatoms. The number of allylic oxidation sites excluding steroid dienone is 2. The molecule has 36 heavy (non-hydrogen) atoms. The first-order valence-corrected chi connectivity index (χ1v) is 13.2. The van der Waals surface area contributed by atoms with Gasteiger partial charge in [-0.2, -0.15) is 0 Å². The van der Waals surface area contributed by atoms with Gasteiger partial charge in [0.2, 0.25) is 5.78 Å². The number of carbonyl (C=O) groups excluding carboxylic acids is 2. The summed E-state index contributed by atoms with van der Waals surface area (Å²) in [5, 5.41) is 4.31. The predicted molar refractivity (Wildman–Crippen MR) is 143 cm³/mol. The molecular weight excluding hydrogens is 523 g/mol. The van der Waals surface area contributed by atoms with Gasteiger partial charge < -0.3 is 19.7 Å².